The molecule has 1 heterocycles. The summed E-state index contributed by atoms with van der Waals surface area (Å²) in [6.45, 7) is 3.13. The second-order valence-electron chi connectivity index (χ2n) is 5.66. The van der Waals surface area contributed by atoms with Crippen LogP contribution in [0.1, 0.15) is 37.2 Å². The van der Waals surface area contributed by atoms with Gasteiger partial charge in [-0.05, 0) is 43.7 Å². The molecule has 0 aromatic heterocycles. The highest BCUT2D eigenvalue weighted by atomic mass is 35.5. The Hall–Kier alpha value is -0.570. The van der Waals surface area contributed by atoms with Crippen LogP contribution in [0.25, 0.3) is 0 Å². The van der Waals surface area contributed by atoms with Gasteiger partial charge in [-0.15, -0.1) is 12.4 Å². The molecule has 0 radical (unpaired) electrons. The average molecular weight is 282 g/mol. The molecule has 1 aliphatic carbocycles. The quantitative estimate of drug-likeness (QED) is 0.893. The first kappa shape index (κ1) is 14.8. The maximum absolute atomic E-state index is 5.39. The zero-order chi connectivity index (χ0) is 12.2. The lowest BCUT2D eigenvalue weighted by Crippen LogP contribution is -2.24. The van der Waals surface area contributed by atoms with Gasteiger partial charge in [0.05, 0.1) is 0 Å². The molecule has 1 aromatic carbocycles. The Morgan fingerprint density at radius 3 is 2.58 bits per heavy atom. The van der Waals surface area contributed by atoms with Gasteiger partial charge < -0.3 is 10.1 Å². The maximum atomic E-state index is 5.39. The fourth-order valence-electron chi connectivity index (χ4n) is 3.00. The standard InChI is InChI=1S/C16H23NO.ClH/c1-2-4-14(5-3-1)15-12-16(15)17-9-6-13-7-10-18-11-8-13;/h1-5,13,15-17H,6-12H2;1H. The normalized spacial score (nSPS) is 26.7. The number of hydrogen-bond acceptors (Lipinski definition) is 2. The van der Waals surface area contributed by atoms with E-state index in [1.54, 1.807) is 0 Å². The summed E-state index contributed by atoms with van der Waals surface area (Å²) in [5.41, 5.74) is 1.50. The Balaban J connectivity index is 0.00000133. The van der Waals surface area contributed by atoms with Crippen molar-refractivity contribution < 1.29 is 4.74 Å². The van der Waals surface area contributed by atoms with E-state index in [1.165, 1.54) is 37.8 Å². The lowest BCUT2D eigenvalue weighted by Gasteiger charge is -2.21. The van der Waals surface area contributed by atoms with Gasteiger partial charge in [-0.25, -0.2) is 0 Å². The first-order chi connectivity index (χ1) is 8.93. The highest BCUT2D eigenvalue weighted by Gasteiger charge is 2.37. The Morgan fingerprint density at radius 2 is 1.84 bits per heavy atom. The summed E-state index contributed by atoms with van der Waals surface area (Å²) in [6, 6.07) is 11.6. The lowest BCUT2D eigenvalue weighted by molar-refractivity contribution is 0.0639. The molecule has 2 fully saturated rings. The molecule has 3 heteroatoms. The number of halogens is 1. The third-order valence-electron chi connectivity index (χ3n) is 4.32. The number of rotatable bonds is 5. The molecular formula is C16H24ClNO. The van der Waals surface area contributed by atoms with Crippen LogP contribution in [-0.2, 0) is 4.74 Å². The van der Waals surface area contributed by atoms with Gasteiger partial charge in [-0.3, -0.25) is 0 Å². The van der Waals surface area contributed by atoms with Gasteiger partial charge in [0, 0.05) is 25.2 Å². The summed E-state index contributed by atoms with van der Waals surface area (Å²) in [5.74, 6) is 1.65. The molecule has 1 N–H and O–H groups in total. The average Bonchev–Trinajstić information content (AvgIpc) is 3.21. The second kappa shape index (κ2) is 7.28. The van der Waals surface area contributed by atoms with E-state index in [0.717, 1.165) is 31.1 Å². The molecule has 3 rings (SSSR count). The number of nitrogens with one attached hydrogen (secondary N) is 1. The Morgan fingerprint density at radius 1 is 1.11 bits per heavy atom. The highest BCUT2D eigenvalue weighted by Crippen LogP contribution is 2.40. The zero-order valence-corrected chi connectivity index (χ0v) is 12.2. The molecule has 106 valence electrons. The van der Waals surface area contributed by atoms with Crippen molar-refractivity contribution in [2.45, 2.75) is 37.6 Å². The molecule has 0 bridgehead atoms. The third-order valence-corrected chi connectivity index (χ3v) is 4.32. The predicted octanol–water partition coefficient (Wildman–Crippen LogP) is 3.37. The van der Waals surface area contributed by atoms with Crippen molar-refractivity contribution in [1.82, 2.24) is 5.32 Å². The SMILES string of the molecule is Cl.c1ccc(C2CC2NCCC2CCOCC2)cc1. The molecule has 1 saturated carbocycles. The van der Waals surface area contributed by atoms with Crippen LogP contribution in [0.5, 0.6) is 0 Å². The summed E-state index contributed by atoms with van der Waals surface area (Å²) in [7, 11) is 0. The van der Waals surface area contributed by atoms with Crippen LogP contribution in [-0.4, -0.2) is 25.8 Å². The van der Waals surface area contributed by atoms with Gasteiger partial charge in [0.1, 0.15) is 0 Å². The van der Waals surface area contributed by atoms with E-state index in [4.69, 9.17) is 4.74 Å². The first-order valence-electron chi connectivity index (χ1n) is 7.29. The van der Waals surface area contributed by atoms with Crippen molar-refractivity contribution in [2.75, 3.05) is 19.8 Å². The number of ether oxygens (including phenoxy) is 1. The van der Waals surface area contributed by atoms with Gasteiger partial charge >= 0.3 is 0 Å². The van der Waals surface area contributed by atoms with Crippen molar-refractivity contribution >= 4 is 12.4 Å². The fourth-order valence-corrected chi connectivity index (χ4v) is 3.00. The van der Waals surface area contributed by atoms with E-state index >= 15 is 0 Å². The van der Waals surface area contributed by atoms with Gasteiger partial charge in [0.25, 0.3) is 0 Å². The summed E-state index contributed by atoms with van der Waals surface area (Å²) >= 11 is 0. The minimum atomic E-state index is 0. The lowest BCUT2D eigenvalue weighted by atomic mass is 9.97. The molecule has 0 spiro atoms. The van der Waals surface area contributed by atoms with Crippen molar-refractivity contribution in [3.05, 3.63) is 35.9 Å². The summed E-state index contributed by atoms with van der Waals surface area (Å²) in [4.78, 5) is 0. The van der Waals surface area contributed by atoms with Crippen LogP contribution in [0.15, 0.2) is 30.3 Å². The zero-order valence-electron chi connectivity index (χ0n) is 11.4. The van der Waals surface area contributed by atoms with Crippen LogP contribution in [0, 0.1) is 5.92 Å². The van der Waals surface area contributed by atoms with E-state index in [2.05, 4.69) is 35.6 Å². The summed E-state index contributed by atoms with van der Waals surface area (Å²) in [5, 5.41) is 3.71. The molecule has 2 aliphatic rings. The van der Waals surface area contributed by atoms with E-state index in [1.807, 2.05) is 0 Å². The van der Waals surface area contributed by atoms with Crippen molar-refractivity contribution in [3.8, 4) is 0 Å². The predicted molar refractivity (Wildman–Crippen MR) is 81.0 cm³/mol. The van der Waals surface area contributed by atoms with Crippen LogP contribution in [0.2, 0.25) is 0 Å². The minimum absolute atomic E-state index is 0. The van der Waals surface area contributed by atoms with E-state index in [9.17, 15) is 0 Å². The largest absolute Gasteiger partial charge is 0.381 e. The van der Waals surface area contributed by atoms with Gasteiger partial charge in [0.2, 0.25) is 0 Å². The van der Waals surface area contributed by atoms with Crippen molar-refractivity contribution in [2.24, 2.45) is 5.92 Å². The monoisotopic (exact) mass is 281 g/mol. The van der Waals surface area contributed by atoms with E-state index in [-0.39, 0.29) is 12.4 Å². The molecule has 0 amide bonds. The molecule has 1 aromatic rings. The van der Waals surface area contributed by atoms with Gasteiger partial charge in [0.15, 0.2) is 0 Å². The molecule has 1 saturated heterocycles. The van der Waals surface area contributed by atoms with Gasteiger partial charge in [-0.2, -0.15) is 0 Å². The smallest absolute Gasteiger partial charge is 0.0468 e. The number of hydrogen-bond donors (Lipinski definition) is 1. The molecule has 2 atom stereocenters. The van der Waals surface area contributed by atoms with Crippen molar-refractivity contribution in [3.63, 3.8) is 0 Å². The Labute approximate surface area is 122 Å². The highest BCUT2D eigenvalue weighted by molar-refractivity contribution is 5.85. The fraction of sp³-hybridized carbons (Fsp3) is 0.625. The summed E-state index contributed by atoms with van der Waals surface area (Å²) in [6.07, 6.45) is 5.15. The van der Waals surface area contributed by atoms with Crippen LogP contribution < -0.4 is 5.32 Å². The molecule has 2 unspecified atom stereocenters. The second-order valence-corrected chi connectivity index (χ2v) is 5.66. The van der Waals surface area contributed by atoms with Crippen LogP contribution >= 0.6 is 12.4 Å². The molecule has 19 heavy (non-hydrogen) atoms. The third kappa shape index (κ3) is 4.20. The molecule has 2 nitrogen and oxygen atoms in total. The van der Waals surface area contributed by atoms with Crippen LogP contribution in [0.4, 0.5) is 0 Å². The Kier molecular flexibility index (Phi) is 5.68. The first-order valence-corrected chi connectivity index (χ1v) is 7.29. The van der Waals surface area contributed by atoms with E-state index in [0.29, 0.717) is 0 Å². The maximum Gasteiger partial charge on any atom is 0.0468 e. The minimum Gasteiger partial charge on any atom is -0.381 e. The van der Waals surface area contributed by atoms with E-state index < -0.39 is 0 Å². The summed E-state index contributed by atoms with van der Waals surface area (Å²) < 4.78 is 5.39. The van der Waals surface area contributed by atoms with Gasteiger partial charge in [-0.1, -0.05) is 30.3 Å². The number of benzene rings is 1. The van der Waals surface area contributed by atoms with Crippen molar-refractivity contribution in [1.29, 1.82) is 0 Å². The van der Waals surface area contributed by atoms with Crippen LogP contribution in [0.3, 0.4) is 0 Å². The Bertz CT molecular complexity index is 364. The molecular weight excluding hydrogens is 258 g/mol. The topological polar surface area (TPSA) is 21.3 Å². The molecule has 1 aliphatic heterocycles.